The molecule has 0 aliphatic carbocycles. The maximum atomic E-state index is 12.6. The molecule has 1 N–H and O–H groups in total. The third kappa shape index (κ3) is 5.67. The molecule has 156 valence electrons. The number of nitrogens with one attached hydrogen (secondary N) is 1. The number of hydrogen-bond donors (Lipinski definition) is 1. The highest BCUT2D eigenvalue weighted by atomic mass is 32.1. The lowest BCUT2D eigenvalue weighted by molar-refractivity contribution is 0.102. The van der Waals surface area contributed by atoms with Crippen LogP contribution in [0.25, 0.3) is 0 Å². The van der Waals surface area contributed by atoms with Crippen molar-refractivity contribution in [3.63, 3.8) is 0 Å². The Morgan fingerprint density at radius 1 is 0.871 bits per heavy atom. The van der Waals surface area contributed by atoms with Crippen LogP contribution in [0.4, 0.5) is 5.69 Å². The van der Waals surface area contributed by atoms with Crippen molar-refractivity contribution in [1.82, 2.24) is 8.75 Å². The second-order valence-corrected chi connectivity index (χ2v) is 7.39. The van der Waals surface area contributed by atoms with Gasteiger partial charge in [-0.3, -0.25) is 4.79 Å². The highest BCUT2D eigenvalue weighted by Gasteiger charge is 2.09. The van der Waals surface area contributed by atoms with Gasteiger partial charge in [-0.1, -0.05) is 36.4 Å². The van der Waals surface area contributed by atoms with Crippen LogP contribution in [-0.4, -0.2) is 14.7 Å². The van der Waals surface area contributed by atoms with Gasteiger partial charge < -0.3 is 14.8 Å². The van der Waals surface area contributed by atoms with Gasteiger partial charge in [-0.15, -0.1) is 0 Å². The fourth-order valence-electron chi connectivity index (χ4n) is 2.84. The molecule has 0 aliphatic heterocycles. The summed E-state index contributed by atoms with van der Waals surface area (Å²) in [4.78, 5) is 12.6. The van der Waals surface area contributed by atoms with Crippen LogP contribution in [-0.2, 0) is 13.2 Å². The van der Waals surface area contributed by atoms with Gasteiger partial charge in [0, 0.05) is 11.3 Å². The molecule has 0 saturated heterocycles. The van der Waals surface area contributed by atoms with Crippen LogP contribution >= 0.6 is 11.7 Å². The predicted octanol–water partition coefficient (Wildman–Crippen LogP) is 5.26. The standard InChI is InChI=1S/C24H21N3O3S/c1-17-23(27-31-26-17)16-30-22-9-5-8-19(14-22)24(28)25-20-10-12-21(13-11-20)29-15-18-6-3-2-4-7-18/h2-14H,15-16H2,1H3,(H,25,28). The summed E-state index contributed by atoms with van der Waals surface area (Å²) in [5, 5.41) is 2.89. The average Bonchev–Trinajstić information content (AvgIpc) is 3.23. The molecule has 6 nitrogen and oxygen atoms in total. The van der Waals surface area contributed by atoms with E-state index in [9.17, 15) is 4.79 Å². The number of anilines is 1. The van der Waals surface area contributed by atoms with Crippen LogP contribution in [0.1, 0.15) is 27.3 Å². The van der Waals surface area contributed by atoms with Crippen molar-refractivity contribution < 1.29 is 14.3 Å². The first-order valence-electron chi connectivity index (χ1n) is 9.76. The Morgan fingerprint density at radius 2 is 1.65 bits per heavy atom. The zero-order valence-corrected chi connectivity index (χ0v) is 17.8. The second kappa shape index (κ2) is 9.86. The van der Waals surface area contributed by atoms with Gasteiger partial charge in [0.15, 0.2) is 0 Å². The highest BCUT2D eigenvalue weighted by molar-refractivity contribution is 6.99. The minimum atomic E-state index is -0.213. The Morgan fingerprint density at radius 3 is 2.39 bits per heavy atom. The van der Waals surface area contributed by atoms with E-state index in [2.05, 4.69) is 14.1 Å². The van der Waals surface area contributed by atoms with E-state index >= 15 is 0 Å². The van der Waals surface area contributed by atoms with Gasteiger partial charge in [0.25, 0.3) is 5.91 Å². The minimum absolute atomic E-state index is 0.213. The summed E-state index contributed by atoms with van der Waals surface area (Å²) in [7, 11) is 0. The number of nitrogens with zero attached hydrogens (tertiary/aromatic N) is 2. The topological polar surface area (TPSA) is 73.3 Å². The number of carbonyl (C=O) groups excluding carboxylic acids is 1. The summed E-state index contributed by atoms with van der Waals surface area (Å²) in [5.74, 6) is 1.13. The summed E-state index contributed by atoms with van der Waals surface area (Å²) in [5.41, 5.74) is 3.95. The monoisotopic (exact) mass is 431 g/mol. The molecule has 4 rings (SSSR count). The Labute approximate surface area is 184 Å². The molecule has 0 spiro atoms. The number of rotatable bonds is 8. The van der Waals surface area contributed by atoms with E-state index < -0.39 is 0 Å². The van der Waals surface area contributed by atoms with Gasteiger partial charge in [-0.25, -0.2) is 0 Å². The van der Waals surface area contributed by atoms with Crippen molar-refractivity contribution in [3.05, 3.63) is 101 Å². The number of benzene rings is 3. The molecular formula is C24H21N3O3S. The zero-order valence-electron chi connectivity index (χ0n) is 16.9. The lowest BCUT2D eigenvalue weighted by Crippen LogP contribution is -2.12. The molecule has 0 atom stereocenters. The molecule has 4 aromatic rings. The highest BCUT2D eigenvalue weighted by Crippen LogP contribution is 2.20. The molecular weight excluding hydrogens is 410 g/mol. The summed E-state index contributed by atoms with van der Waals surface area (Å²) < 4.78 is 19.9. The lowest BCUT2D eigenvalue weighted by atomic mass is 10.2. The third-order valence-electron chi connectivity index (χ3n) is 4.58. The third-order valence-corrected chi connectivity index (χ3v) is 5.24. The lowest BCUT2D eigenvalue weighted by Gasteiger charge is -2.10. The van der Waals surface area contributed by atoms with Crippen molar-refractivity contribution in [2.24, 2.45) is 0 Å². The van der Waals surface area contributed by atoms with Gasteiger partial charge >= 0.3 is 0 Å². The van der Waals surface area contributed by atoms with E-state index in [-0.39, 0.29) is 5.91 Å². The number of amides is 1. The molecule has 0 saturated carbocycles. The van der Waals surface area contributed by atoms with E-state index in [4.69, 9.17) is 9.47 Å². The number of carbonyl (C=O) groups is 1. The Hall–Kier alpha value is -3.71. The molecule has 0 fully saturated rings. The Kier molecular flexibility index (Phi) is 6.54. The molecule has 1 amide bonds. The first-order valence-corrected chi connectivity index (χ1v) is 10.5. The molecule has 0 radical (unpaired) electrons. The fourth-order valence-corrected chi connectivity index (χ4v) is 3.39. The largest absolute Gasteiger partial charge is 0.489 e. The van der Waals surface area contributed by atoms with E-state index in [0.717, 1.165) is 34.4 Å². The zero-order chi connectivity index (χ0) is 21.5. The first kappa shape index (κ1) is 20.6. The quantitative estimate of drug-likeness (QED) is 0.412. The van der Waals surface area contributed by atoms with Crippen molar-refractivity contribution in [2.45, 2.75) is 20.1 Å². The van der Waals surface area contributed by atoms with E-state index in [1.165, 1.54) is 0 Å². The van der Waals surface area contributed by atoms with Gasteiger partial charge in [-0.05, 0) is 55.0 Å². The van der Waals surface area contributed by atoms with Gasteiger partial charge in [0.1, 0.15) is 30.4 Å². The molecule has 0 bridgehead atoms. The second-order valence-electron chi connectivity index (χ2n) is 6.87. The van der Waals surface area contributed by atoms with Crippen molar-refractivity contribution >= 4 is 23.3 Å². The van der Waals surface area contributed by atoms with Crippen LogP contribution < -0.4 is 14.8 Å². The van der Waals surface area contributed by atoms with Crippen LogP contribution in [0, 0.1) is 6.92 Å². The number of ether oxygens (including phenoxy) is 2. The van der Waals surface area contributed by atoms with Gasteiger partial charge in [0.05, 0.1) is 17.4 Å². The van der Waals surface area contributed by atoms with E-state index in [1.807, 2.05) is 67.6 Å². The molecule has 3 aromatic carbocycles. The first-order chi connectivity index (χ1) is 15.2. The fraction of sp³-hybridized carbons (Fsp3) is 0.125. The predicted molar refractivity (Wildman–Crippen MR) is 121 cm³/mol. The maximum absolute atomic E-state index is 12.6. The molecule has 31 heavy (non-hydrogen) atoms. The SMILES string of the molecule is Cc1nsnc1COc1cccc(C(=O)Nc2ccc(OCc3ccccc3)cc2)c1. The number of hydrogen-bond acceptors (Lipinski definition) is 6. The molecule has 0 aliphatic rings. The van der Waals surface area contributed by atoms with Crippen LogP contribution in [0.5, 0.6) is 11.5 Å². The number of aromatic nitrogens is 2. The van der Waals surface area contributed by atoms with Crippen molar-refractivity contribution in [3.8, 4) is 11.5 Å². The van der Waals surface area contributed by atoms with Crippen molar-refractivity contribution in [1.29, 1.82) is 0 Å². The smallest absolute Gasteiger partial charge is 0.255 e. The molecule has 0 unspecified atom stereocenters. The van der Waals surface area contributed by atoms with Crippen molar-refractivity contribution in [2.75, 3.05) is 5.32 Å². The summed E-state index contributed by atoms with van der Waals surface area (Å²) in [6.45, 7) is 2.71. The number of aryl methyl sites for hydroxylation is 1. The normalized spacial score (nSPS) is 10.5. The van der Waals surface area contributed by atoms with Gasteiger partial charge in [0.2, 0.25) is 0 Å². The van der Waals surface area contributed by atoms with Gasteiger partial charge in [-0.2, -0.15) is 8.75 Å². The molecule has 7 heteroatoms. The average molecular weight is 432 g/mol. The molecule has 1 heterocycles. The Balaban J connectivity index is 1.33. The summed E-state index contributed by atoms with van der Waals surface area (Å²) in [6.07, 6.45) is 0. The van der Waals surface area contributed by atoms with E-state index in [1.54, 1.807) is 18.2 Å². The van der Waals surface area contributed by atoms with Crippen LogP contribution in [0.15, 0.2) is 78.9 Å². The van der Waals surface area contributed by atoms with Crippen LogP contribution in [0.3, 0.4) is 0 Å². The maximum Gasteiger partial charge on any atom is 0.255 e. The van der Waals surface area contributed by atoms with E-state index in [0.29, 0.717) is 30.2 Å². The summed E-state index contributed by atoms with van der Waals surface area (Å²) >= 11 is 1.16. The molecule has 1 aromatic heterocycles. The summed E-state index contributed by atoms with van der Waals surface area (Å²) in [6, 6.07) is 24.3. The minimum Gasteiger partial charge on any atom is -0.489 e. The van der Waals surface area contributed by atoms with Crippen LogP contribution in [0.2, 0.25) is 0 Å². The Bertz CT molecular complexity index is 1140.